The van der Waals surface area contributed by atoms with E-state index < -0.39 is 11.6 Å². The van der Waals surface area contributed by atoms with Gasteiger partial charge in [-0.05, 0) is 43.9 Å². The van der Waals surface area contributed by atoms with E-state index in [1.807, 2.05) is 4.90 Å². The number of piperidine rings is 3. The third-order valence-electron chi connectivity index (χ3n) is 6.45. The van der Waals surface area contributed by atoms with Crippen LogP contribution in [-0.4, -0.2) is 55.1 Å². The van der Waals surface area contributed by atoms with Crippen LogP contribution in [-0.2, 0) is 6.54 Å². The number of piperazine rings is 1. The number of carbonyl (C=O) groups is 1. The predicted molar refractivity (Wildman–Crippen MR) is 94.3 cm³/mol. The Labute approximate surface area is 151 Å². The Morgan fingerprint density at radius 2 is 1.88 bits per heavy atom. The van der Waals surface area contributed by atoms with Gasteiger partial charge in [-0.15, -0.1) is 0 Å². The smallest absolute Gasteiger partial charge is 0.257 e. The number of fused-ring (bicyclic) bond motifs is 4. The Hall–Kier alpha value is -1.73. The second-order valence-corrected chi connectivity index (χ2v) is 7.98. The van der Waals surface area contributed by atoms with Crippen molar-refractivity contribution in [2.75, 3.05) is 31.1 Å². The molecule has 0 aromatic heterocycles. The molecule has 0 radical (unpaired) electrons. The van der Waals surface area contributed by atoms with Crippen LogP contribution in [0.25, 0.3) is 0 Å². The van der Waals surface area contributed by atoms with Gasteiger partial charge in [0.25, 0.3) is 5.91 Å². The summed E-state index contributed by atoms with van der Waals surface area (Å²) in [7, 11) is 0. The SMILES string of the molecule is O=C1c2c(cc(N3CC4CCC3CN4)c(F)c2F)CN1C1CCCNC1. The predicted octanol–water partition coefficient (Wildman–Crippen LogP) is 1.61. The molecule has 3 unspecified atom stereocenters. The van der Waals surface area contributed by atoms with E-state index in [-0.39, 0.29) is 23.6 Å². The van der Waals surface area contributed by atoms with Crippen molar-refractivity contribution in [1.29, 1.82) is 0 Å². The number of hydrogen-bond acceptors (Lipinski definition) is 4. The quantitative estimate of drug-likeness (QED) is 0.839. The minimum absolute atomic E-state index is 0.0582. The third-order valence-corrected chi connectivity index (χ3v) is 6.45. The summed E-state index contributed by atoms with van der Waals surface area (Å²) in [5.41, 5.74) is 0.898. The highest BCUT2D eigenvalue weighted by Crippen LogP contribution is 2.37. The van der Waals surface area contributed by atoms with Crippen LogP contribution in [0.15, 0.2) is 6.07 Å². The van der Waals surface area contributed by atoms with E-state index in [2.05, 4.69) is 10.6 Å². The van der Waals surface area contributed by atoms with Gasteiger partial charge in [-0.2, -0.15) is 0 Å². The Balaban J connectivity index is 1.49. The maximum Gasteiger partial charge on any atom is 0.257 e. The largest absolute Gasteiger partial charge is 0.363 e. The lowest BCUT2D eigenvalue weighted by Gasteiger charge is -2.47. The minimum atomic E-state index is -0.969. The third kappa shape index (κ3) is 2.44. The number of rotatable bonds is 2. The molecule has 5 nitrogen and oxygen atoms in total. The van der Waals surface area contributed by atoms with Gasteiger partial charge in [0.2, 0.25) is 0 Å². The van der Waals surface area contributed by atoms with E-state index in [0.29, 0.717) is 30.4 Å². The van der Waals surface area contributed by atoms with E-state index in [4.69, 9.17) is 0 Å². The monoisotopic (exact) mass is 362 g/mol. The summed E-state index contributed by atoms with van der Waals surface area (Å²) in [6.45, 7) is 3.55. The van der Waals surface area contributed by atoms with Gasteiger partial charge in [-0.25, -0.2) is 8.78 Å². The fourth-order valence-corrected chi connectivity index (χ4v) is 5.03. The van der Waals surface area contributed by atoms with E-state index in [0.717, 1.165) is 45.3 Å². The first kappa shape index (κ1) is 16.4. The van der Waals surface area contributed by atoms with E-state index in [9.17, 15) is 13.6 Å². The van der Waals surface area contributed by atoms with E-state index in [1.54, 1.807) is 11.0 Å². The zero-order valence-electron chi connectivity index (χ0n) is 14.7. The lowest BCUT2D eigenvalue weighted by Crippen LogP contribution is -2.61. The number of halogens is 2. The molecule has 1 aromatic carbocycles. The zero-order valence-corrected chi connectivity index (χ0v) is 14.7. The summed E-state index contributed by atoms with van der Waals surface area (Å²) in [5, 5.41) is 6.72. The van der Waals surface area contributed by atoms with Crippen molar-refractivity contribution in [3.63, 3.8) is 0 Å². The topological polar surface area (TPSA) is 47.6 Å². The molecule has 4 saturated heterocycles. The highest BCUT2D eigenvalue weighted by molar-refractivity contribution is 5.99. The van der Waals surface area contributed by atoms with Crippen LogP contribution in [0.1, 0.15) is 41.6 Å². The van der Waals surface area contributed by atoms with Crippen molar-refractivity contribution in [3.05, 3.63) is 28.8 Å². The standard InChI is InChI=1S/C19H24F2N4O/c20-17-15(24-10-12-3-4-14(24)8-23-12)6-11-9-25(13-2-1-5-22-7-13)19(26)16(11)18(17)21/h6,12-14,22-23H,1-5,7-10H2. The fourth-order valence-electron chi connectivity index (χ4n) is 5.03. The molecule has 5 heterocycles. The molecule has 140 valence electrons. The summed E-state index contributed by atoms with van der Waals surface area (Å²) in [5.74, 6) is -2.20. The van der Waals surface area contributed by atoms with Crippen LogP contribution in [0.3, 0.4) is 0 Å². The maximum absolute atomic E-state index is 14.9. The van der Waals surface area contributed by atoms with Crippen LogP contribution in [0.2, 0.25) is 0 Å². The number of nitrogens with one attached hydrogen (secondary N) is 2. The van der Waals surface area contributed by atoms with Crippen LogP contribution < -0.4 is 15.5 Å². The Morgan fingerprint density at radius 1 is 1.04 bits per heavy atom. The van der Waals surface area contributed by atoms with Gasteiger partial charge in [0.1, 0.15) is 0 Å². The Bertz CT molecular complexity index is 742. The molecule has 0 spiro atoms. The van der Waals surface area contributed by atoms with Gasteiger partial charge in [-0.1, -0.05) is 0 Å². The second-order valence-electron chi connectivity index (χ2n) is 7.98. The lowest BCUT2D eigenvalue weighted by atomic mass is 9.92. The molecule has 0 aliphatic carbocycles. The normalized spacial score (nSPS) is 30.8. The Kier molecular flexibility index (Phi) is 3.90. The molecular weight excluding hydrogens is 338 g/mol. The molecule has 1 amide bonds. The summed E-state index contributed by atoms with van der Waals surface area (Å²) in [6, 6.07) is 2.32. The van der Waals surface area contributed by atoms with Crippen molar-refractivity contribution >= 4 is 11.6 Å². The first-order valence-corrected chi connectivity index (χ1v) is 9.66. The highest BCUT2D eigenvalue weighted by Gasteiger charge is 2.40. The molecule has 1 aromatic rings. The van der Waals surface area contributed by atoms with E-state index >= 15 is 0 Å². The minimum Gasteiger partial charge on any atom is -0.363 e. The molecule has 7 heteroatoms. The summed E-state index contributed by atoms with van der Waals surface area (Å²) in [6.07, 6.45) is 3.98. The molecule has 2 N–H and O–H groups in total. The van der Waals surface area contributed by atoms with Gasteiger partial charge >= 0.3 is 0 Å². The molecule has 0 saturated carbocycles. The summed E-state index contributed by atoms with van der Waals surface area (Å²) in [4.78, 5) is 16.5. The van der Waals surface area contributed by atoms with Crippen molar-refractivity contribution in [2.45, 2.75) is 50.4 Å². The Morgan fingerprint density at radius 3 is 2.54 bits per heavy atom. The number of hydrogen-bond donors (Lipinski definition) is 2. The van der Waals surface area contributed by atoms with Gasteiger partial charge < -0.3 is 20.4 Å². The fraction of sp³-hybridized carbons (Fsp3) is 0.632. The number of nitrogens with zero attached hydrogens (tertiary/aromatic N) is 2. The van der Waals surface area contributed by atoms with Crippen molar-refractivity contribution in [2.24, 2.45) is 0 Å². The van der Waals surface area contributed by atoms with Gasteiger partial charge in [0, 0.05) is 44.3 Å². The molecule has 6 rings (SSSR count). The lowest BCUT2D eigenvalue weighted by molar-refractivity contribution is 0.0671. The van der Waals surface area contributed by atoms with Gasteiger partial charge in [0.15, 0.2) is 11.6 Å². The first-order chi connectivity index (χ1) is 12.6. The highest BCUT2D eigenvalue weighted by atomic mass is 19.2. The first-order valence-electron chi connectivity index (χ1n) is 9.66. The number of anilines is 1. The zero-order chi connectivity index (χ0) is 17.8. The summed E-state index contributed by atoms with van der Waals surface area (Å²) >= 11 is 0. The van der Waals surface area contributed by atoms with Crippen LogP contribution >= 0.6 is 0 Å². The number of carbonyl (C=O) groups excluding carboxylic acids is 1. The van der Waals surface area contributed by atoms with Crippen molar-refractivity contribution in [1.82, 2.24) is 15.5 Å². The molecule has 26 heavy (non-hydrogen) atoms. The molecule has 2 bridgehead atoms. The molecule has 5 aliphatic heterocycles. The number of amides is 1. The van der Waals surface area contributed by atoms with Crippen LogP contribution in [0.4, 0.5) is 14.5 Å². The van der Waals surface area contributed by atoms with Crippen molar-refractivity contribution in [3.8, 4) is 0 Å². The van der Waals surface area contributed by atoms with Crippen LogP contribution in [0.5, 0.6) is 0 Å². The maximum atomic E-state index is 14.9. The molecular formula is C19H24F2N4O. The average molecular weight is 362 g/mol. The average Bonchev–Trinajstić information content (AvgIpc) is 3.03. The second kappa shape index (κ2) is 6.16. The molecule has 3 atom stereocenters. The molecule has 5 aliphatic rings. The van der Waals surface area contributed by atoms with E-state index in [1.165, 1.54) is 0 Å². The number of benzene rings is 1. The van der Waals surface area contributed by atoms with Gasteiger partial charge in [-0.3, -0.25) is 4.79 Å². The van der Waals surface area contributed by atoms with Crippen LogP contribution in [0, 0.1) is 11.6 Å². The van der Waals surface area contributed by atoms with Gasteiger partial charge in [0.05, 0.1) is 11.3 Å². The molecule has 4 fully saturated rings. The van der Waals surface area contributed by atoms with Crippen molar-refractivity contribution < 1.29 is 13.6 Å². The summed E-state index contributed by atoms with van der Waals surface area (Å²) < 4.78 is 29.8.